The Balaban J connectivity index is 5.68. The first kappa shape index (κ1) is 33.2. The largest absolute Gasteiger partial charge is 0.480 e. The van der Waals surface area contributed by atoms with Crippen LogP contribution < -0.4 is 21.7 Å². The molecular formula is C23H42N4O9. The number of aliphatic carboxylic acids is 1. The number of esters is 1. The Morgan fingerprint density at radius 2 is 1.36 bits per heavy atom. The predicted octanol–water partition coefficient (Wildman–Crippen LogP) is -0.952. The first-order chi connectivity index (χ1) is 16.3. The van der Waals surface area contributed by atoms with Crippen LogP contribution in [0.25, 0.3) is 0 Å². The van der Waals surface area contributed by atoms with Crippen molar-refractivity contribution in [3.05, 3.63) is 0 Å². The minimum Gasteiger partial charge on any atom is -0.480 e. The molecule has 7 N–H and O–H groups in total. The van der Waals surface area contributed by atoms with Gasteiger partial charge < -0.3 is 41.4 Å². The van der Waals surface area contributed by atoms with Gasteiger partial charge in [-0.1, -0.05) is 13.8 Å². The summed E-state index contributed by atoms with van der Waals surface area (Å²) in [7, 11) is 0. The Hall–Kier alpha value is -2.77. The summed E-state index contributed by atoms with van der Waals surface area (Å²) in [4.78, 5) is 61.9. The standard InChI is InChI=1S/C23H42N4O9/c1-12(2)17(20(32)26-15(10-28)21(33)34)27-19(31)14(9-16(29)36-23(6,7)8)25-18(30)13(24)11-35-22(3,4)5/h12-15,17,28H,9-11,24H2,1-8H3,(H,25,30)(H,26,32)(H,27,31)(H,33,34)/t13-,14-,15-,17-/m0/s1. The van der Waals surface area contributed by atoms with Gasteiger partial charge in [0.05, 0.1) is 25.2 Å². The number of carbonyl (C=O) groups is 5. The fraction of sp³-hybridized carbons (Fsp3) is 0.783. The van der Waals surface area contributed by atoms with E-state index in [1.807, 2.05) is 0 Å². The van der Waals surface area contributed by atoms with Crippen molar-refractivity contribution in [2.75, 3.05) is 13.2 Å². The van der Waals surface area contributed by atoms with Crippen molar-refractivity contribution in [2.45, 2.75) is 97.2 Å². The maximum absolute atomic E-state index is 13.1. The molecule has 0 bridgehead atoms. The molecule has 0 rings (SSSR count). The highest BCUT2D eigenvalue weighted by atomic mass is 16.6. The lowest BCUT2D eigenvalue weighted by molar-refractivity contribution is -0.156. The van der Waals surface area contributed by atoms with E-state index in [0.29, 0.717) is 0 Å². The van der Waals surface area contributed by atoms with Gasteiger partial charge in [0, 0.05) is 0 Å². The first-order valence-electron chi connectivity index (χ1n) is 11.6. The molecule has 0 spiro atoms. The van der Waals surface area contributed by atoms with Crippen molar-refractivity contribution in [2.24, 2.45) is 11.7 Å². The lowest BCUT2D eigenvalue weighted by Gasteiger charge is -2.28. The van der Waals surface area contributed by atoms with Gasteiger partial charge in [-0.3, -0.25) is 19.2 Å². The zero-order valence-electron chi connectivity index (χ0n) is 22.3. The first-order valence-corrected chi connectivity index (χ1v) is 11.6. The molecule has 0 fully saturated rings. The Morgan fingerprint density at radius 3 is 1.78 bits per heavy atom. The Bertz CT molecular complexity index is 787. The lowest BCUT2D eigenvalue weighted by atomic mass is 10.0. The minimum absolute atomic E-state index is 0.148. The molecule has 0 aliphatic rings. The van der Waals surface area contributed by atoms with Gasteiger partial charge in [0.15, 0.2) is 0 Å². The van der Waals surface area contributed by atoms with E-state index in [9.17, 15) is 24.0 Å². The normalized spacial score (nSPS) is 15.3. The lowest BCUT2D eigenvalue weighted by Crippen LogP contribution is -2.59. The fourth-order valence-electron chi connectivity index (χ4n) is 2.69. The Kier molecular flexibility index (Phi) is 13.0. The van der Waals surface area contributed by atoms with Crippen molar-refractivity contribution < 1.29 is 43.7 Å². The molecule has 4 atom stereocenters. The number of aliphatic hydroxyl groups is 1. The highest BCUT2D eigenvalue weighted by molar-refractivity contribution is 5.95. The number of nitrogens with one attached hydrogen (secondary N) is 3. The van der Waals surface area contributed by atoms with Crippen LogP contribution in [0.4, 0.5) is 0 Å². The summed E-state index contributed by atoms with van der Waals surface area (Å²) in [6.45, 7) is 12.4. The summed E-state index contributed by atoms with van der Waals surface area (Å²) >= 11 is 0. The molecule has 36 heavy (non-hydrogen) atoms. The summed E-state index contributed by atoms with van der Waals surface area (Å²) in [6, 6.07) is -5.41. The smallest absolute Gasteiger partial charge is 0.328 e. The third kappa shape index (κ3) is 13.4. The second kappa shape index (κ2) is 14.1. The molecule has 0 radical (unpaired) electrons. The zero-order chi connectivity index (χ0) is 28.4. The van der Waals surface area contributed by atoms with Gasteiger partial charge >= 0.3 is 11.9 Å². The molecule has 0 aliphatic carbocycles. The Labute approximate surface area is 211 Å². The van der Waals surface area contributed by atoms with E-state index >= 15 is 0 Å². The number of nitrogens with two attached hydrogens (primary N) is 1. The average Bonchev–Trinajstić information content (AvgIpc) is 2.70. The van der Waals surface area contributed by atoms with Gasteiger partial charge in [-0.15, -0.1) is 0 Å². The van der Waals surface area contributed by atoms with Crippen LogP contribution in [0.3, 0.4) is 0 Å². The quantitative estimate of drug-likeness (QED) is 0.165. The van der Waals surface area contributed by atoms with Crippen molar-refractivity contribution in [3.63, 3.8) is 0 Å². The minimum atomic E-state index is -1.58. The molecular weight excluding hydrogens is 476 g/mol. The van der Waals surface area contributed by atoms with E-state index in [0.717, 1.165) is 0 Å². The van der Waals surface area contributed by atoms with E-state index in [-0.39, 0.29) is 6.61 Å². The zero-order valence-corrected chi connectivity index (χ0v) is 22.3. The van der Waals surface area contributed by atoms with Crippen molar-refractivity contribution in [1.29, 1.82) is 0 Å². The topological polar surface area (TPSA) is 206 Å². The van der Waals surface area contributed by atoms with Gasteiger partial charge in [0.25, 0.3) is 0 Å². The second-order valence-electron chi connectivity index (χ2n) is 10.7. The number of carboxylic acids is 1. The van der Waals surface area contributed by atoms with Crippen LogP contribution in [0.15, 0.2) is 0 Å². The molecule has 0 saturated carbocycles. The van der Waals surface area contributed by atoms with E-state index in [1.54, 1.807) is 55.4 Å². The number of carbonyl (C=O) groups excluding carboxylic acids is 4. The van der Waals surface area contributed by atoms with E-state index in [4.69, 9.17) is 25.4 Å². The fourth-order valence-corrected chi connectivity index (χ4v) is 2.69. The second-order valence-corrected chi connectivity index (χ2v) is 10.7. The predicted molar refractivity (Wildman–Crippen MR) is 129 cm³/mol. The summed E-state index contributed by atoms with van der Waals surface area (Å²) in [5, 5.41) is 25.2. The maximum atomic E-state index is 13.1. The third-order valence-corrected chi connectivity index (χ3v) is 4.50. The number of hydrogen-bond acceptors (Lipinski definition) is 9. The molecule has 0 aromatic carbocycles. The van der Waals surface area contributed by atoms with Gasteiger partial charge in [-0.25, -0.2) is 4.79 Å². The van der Waals surface area contributed by atoms with E-state index in [1.165, 1.54) is 0 Å². The van der Waals surface area contributed by atoms with Crippen LogP contribution in [-0.4, -0.2) is 88.5 Å². The van der Waals surface area contributed by atoms with Gasteiger partial charge in [0.2, 0.25) is 17.7 Å². The van der Waals surface area contributed by atoms with Crippen molar-refractivity contribution >= 4 is 29.7 Å². The highest BCUT2D eigenvalue weighted by Gasteiger charge is 2.34. The van der Waals surface area contributed by atoms with Crippen molar-refractivity contribution in [1.82, 2.24) is 16.0 Å². The van der Waals surface area contributed by atoms with Gasteiger partial charge in [-0.2, -0.15) is 0 Å². The molecule has 0 heterocycles. The molecule has 13 heteroatoms. The van der Waals surface area contributed by atoms with Crippen LogP contribution >= 0.6 is 0 Å². The van der Waals surface area contributed by atoms with E-state index < -0.39 is 84.0 Å². The number of aliphatic hydroxyl groups excluding tert-OH is 1. The van der Waals surface area contributed by atoms with Gasteiger partial charge in [-0.05, 0) is 47.5 Å². The summed E-state index contributed by atoms with van der Waals surface area (Å²) in [5.41, 5.74) is 4.46. The van der Waals surface area contributed by atoms with Crippen LogP contribution in [0.5, 0.6) is 0 Å². The van der Waals surface area contributed by atoms with E-state index in [2.05, 4.69) is 16.0 Å². The summed E-state index contributed by atoms with van der Waals surface area (Å²) in [5.74, 6) is -5.26. The number of ether oxygens (including phenoxy) is 2. The third-order valence-electron chi connectivity index (χ3n) is 4.50. The maximum Gasteiger partial charge on any atom is 0.328 e. The average molecular weight is 519 g/mol. The molecule has 13 nitrogen and oxygen atoms in total. The molecule has 208 valence electrons. The van der Waals surface area contributed by atoms with Crippen LogP contribution in [0, 0.1) is 5.92 Å². The Morgan fingerprint density at radius 1 is 0.833 bits per heavy atom. The SMILES string of the molecule is CC(C)[C@H](NC(=O)[C@H](CC(=O)OC(C)(C)C)NC(=O)[C@@H](N)COC(C)(C)C)C(=O)N[C@@H](CO)C(=O)O. The summed E-state index contributed by atoms with van der Waals surface area (Å²) < 4.78 is 10.7. The number of rotatable bonds is 13. The molecule has 0 aromatic rings. The molecule has 0 saturated heterocycles. The van der Waals surface area contributed by atoms with Crippen LogP contribution in [0.1, 0.15) is 61.8 Å². The molecule has 0 aromatic heterocycles. The number of carboxylic acid groups (broad SMARTS) is 1. The highest BCUT2D eigenvalue weighted by Crippen LogP contribution is 2.11. The number of hydrogen-bond donors (Lipinski definition) is 6. The summed E-state index contributed by atoms with van der Waals surface area (Å²) in [6.07, 6.45) is -0.553. The molecule has 0 unspecified atom stereocenters. The monoisotopic (exact) mass is 518 g/mol. The van der Waals surface area contributed by atoms with Crippen LogP contribution in [0.2, 0.25) is 0 Å². The molecule has 3 amide bonds. The van der Waals surface area contributed by atoms with Crippen molar-refractivity contribution in [3.8, 4) is 0 Å². The van der Waals surface area contributed by atoms with Crippen LogP contribution in [-0.2, 0) is 33.4 Å². The number of amides is 3. The van der Waals surface area contributed by atoms with Gasteiger partial charge in [0.1, 0.15) is 29.8 Å². The molecule has 0 aliphatic heterocycles.